The molecule has 2 N–H and O–H groups in total. The van der Waals surface area contributed by atoms with Crippen LogP contribution in [0, 0.1) is 6.92 Å². The number of aliphatic carboxylic acids is 1. The van der Waals surface area contributed by atoms with Gasteiger partial charge < -0.3 is 9.63 Å². The fourth-order valence-corrected chi connectivity index (χ4v) is 1.52. The van der Waals surface area contributed by atoms with E-state index in [0.29, 0.717) is 12.2 Å². The van der Waals surface area contributed by atoms with Gasteiger partial charge in [-0.2, -0.15) is 0 Å². The summed E-state index contributed by atoms with van der Waals surface area (Å²) >= 11 is 0. The fourth-order valence-electron chi connectivity index (χ4n) is 1.52. The Morgan fingerprint density at radius 2 is 2.16 bits per heavy atom. The molecule has 108 valence electrons. The van der Waals surface area contributed by atoms with Crippen molar-refractivity contribution < 1.29 is 19.2 Å². The van der Waals surface area contributed by atoms with Crippen LogP contribution >= 0.6 is 12.4 Å². The van der Waals surface area contributed by atoms with Gasteiger partial charge >= 0.3 is 5.97 Å². The number of aryl methyl sites for hydroxylation is 1. The second kappa shape index (κ2) is 8.49. The molecule has 0 aliphatic rings. The van der Waals surface area contributed by atoms with E-state index in [-0.39, 0.29) is 37.3 Å². The van der Waals surface area contributed by atoms with E-state index in [4.69, 9.17) is 9.63 Å². The number of carbonyl (C=O) groups excluding carboxylic acids is 1. The van der Waals surface area contributed by atoms with Crippen LogP contribution in [0.5, 0.6) is 0 Å². The Hall–Kier alpha value is -1.60. The molecule has 0 saturated heterocycles. The molecule has 8 heteroatoms. The molecule has 0 aliphatic carbocycles. The van der Waals surface area contributed by atoms with Gasteiger partial charge in [-0.15, -0.1) is 12.4 Å². The highest BCUT2D eigenvalue weighted by molar-refractivity contribution is 5.91. The Morgan fingerprint density at radius 1 is 1.47 bits per heavy atom. The highest BCUT2D eigenvalue weighted by atomic mass is 35.5. The molecule has 0 atom stereocenters. The number of carbonyl (C=O) groups is 2. The topological polar surface area (TPSA) is 95.7 Å². The summed E-state index contributed by atoms with van der Waals surface area (Å²) in [4.78, 5) is 23.8. The van der Waals surface area contributed by atoms with Gasteiger partial charge in [-0.3, -0.25) is 19.8 Å². The monoisotopic (exact) mass is 291 g/mol. The molecule has 1 aromatic heterocycles. The van der Waals surface area contributed by atoms with E-state index in [0.717, 1.165) is 6.42 Å². The van der Waals surface area contributed by atoms with Crippen molar-refractivity contribution >= 4 is 30.2 Å². The van der Waals surface area contributed by atoms with Crippen molar-refractivity contribution in [1.29, 1.82) is 0 Å². The molecule has 19 heavy (non-hydrogen) atoms. The van der Waals surface area contributed by atoms with Crippen molar-refractivity contribution in [3.05, 3.63) is 11.8 Å². The first kappa shape index (κ1) is 17.4. The van der Waals surface area contributed by atoms with Gasteiger partial charge in [-0.05, 0) is 19.9 Å². The molecule has 0 aromatic carbocycles. The summed E-state index contributed by atoms with van der Waals surface area (Å²) in [6.45, 7) is 4.07. The van der Waals surface area contributed by atoms with Gasteiger partial charge in [-0.25, -0.2) is 0 Å². The molecule has 0 spiro atoms. The lowest BCUT2D eigenvalue weighted by atomic mass is 10.3. The van der Waals surface area contributed by atoms with Crippen LogP contribution in [0.3, 0.4) is 0 Å². The molecule has 0 saturated carbocycles. The van der Waals surface area contributed by atoms with Gasteiger partial charge in [0.25, 0.3) is 0 Å². The lowest BCUT2D eigenvalue weighted by Gasteiger charge is -2.17. The number of halogens is 1. The maximum Gasteiger partial charge on any atom is 0.317 e. The number of anilines is 1. The summed E-state index contributed by atoms with van der Waals surface area (Å²) in [6.07, 6.45) is 0.780. The summed E-state index contributed by atoms with van der Waals surface area (Å²) in [6, 6.07) is 1.60. The van der Waals surface area contributed by atoms with E-state index in [1.807, 2.05) is 6.92 Å². The van der Waals surface area contributed by atoms with E-state index in [1.165, 1.54) is 0 Å². The zero-order chi connectivity index (χ0) is 13.5. The number of aromatic nitrogens is 1. The summed E-state index contributed by atoms with van der Waals surface area (Å²) in [5.41, 5.74) is 0.668. The van der Waals surface area contributed by atoms with Crippen LogP contribution in [0.1, 0.15) is 19.0 Å². The van der Waals surface area contributed by atoms with Crippen LogP contribution in [0.4, 0.5) is 5.88 Å². The Balaban J connectivity index is 0.00000324. The SMILES string of the molecule is CCCN(CC(=O)O)CC(=O)Nc1cc(C)no1.Cl. The molecule has 0 aliphatic heterocycles. The average molecular weight is 292 g/mol. The molecule has 0 unspecified atom stereocenters. The Kier molecular flexibility index (Phi) is 7.78. The van der Waals surface area contributed by atoms with Crippen molar-refractivity contribution in [1.82, 2.24) is 10.1 Å². The van der Waals surface area contributed by atoms with E-state index >= 15 is 0 Å². The smallest absolute Gasteiger partial charge is 0.317 e. The first-order valence-electron chi connectivity index (χ1n) is 5.68. The number of nitrogens with zero attached hydrogens (tertiary/aromatic N) is 2. The molecule has 7 nitrogen and oxygen atoms in total. The largest absolute Gasteiger partial charge is 0.480 e. The van der Waals surface area contributed by atoms with Crippen molar-refractivity contribution in [2.45, 2.75) is 20.3 Å². The number of carboxylic acids is 1. The average Bonchev–Trinajstić information content (AvgIpc) is 2.62. The molecular formula is C11H18ClN3O4. The van der Waals surface area contributed by atoms with E-state index in [2.05, 4.69) is 10.5 Å². The number of nitrogens with one attached hydrogen (secondary N) is 1. The zero-order valence-electron chi connectivity index (χ0n) is 10.9. The number of hydrogen-bond acceptors (Lipinski definition) is 5. The van der Waals surface area contributed by atoms with Crippen LogP contribution in [0.2, 0.25) is 0 Å². The highest BCUT2D eigenvalue weighted by Gasteiger charge is 2.14. The van der Waals surface area contributed by atoms with E-state index < -0.39 is 5.97 Å². The third-order valence-corrected chi connectivity index (χ3v) is 2.16. The van der Waals surface area contributed by atoms with Gasteiger partial charge in [0.15, 0.2) is 0 Å². The second-order valence-electron chi connectivity index (χ2n) is 3.99. The third-order valence-electron chi connectivity index (χ3n) is 2.16. The van der Waals surface area contributed by atoms with Gasteiger partial charge in [0, 0.05) is 6.07 Å². The summed E-state index contributed by atoms with van der Waals surface area (Å²) in [5, 5.41) is 14.9. The molecule has 1 amide bonds. The summed E-state index contributed by atoms with van der Waals surface area (Å²) < 4.78 is 4.84. The second-order valence-corrected chi connectivity index (χ2v) is 3.99. The summed E-state index contributed by atoms with van der Waals surface area (Å²) in [7, 11) is 0. The number of hydrogen-bond donors (Lipinski definition) is 2. The quantitative estimate of drug-likeness (QED) is 0.782. The standard InChI is InChI=1S/C11H17N3O4.ClH/c1-3-4-14(7-11(16)17)6-9(15)12-10-5-8(2)13-18-10;/h5H,3-4,6-7H2,1-2H3,(H,12,15)(H,16,17);1H. The molecule has 0 radical (unpaired) electrons. The highest BCUT2D eigenvalue weighted by Crippen LogP contribution is 2.08. The maximum absolute atomic E-state index is 11.7. The van der Waals surface area contributed by atoms with Crippen molar-refractivity contribution in [3.8, 4) is 0 Å². The Labute approximate surface area is 117 Å². The number of rotatable bonds is 7. The van der Waals surface area contributed by atoms with Gasteiger partial charge in [-0.1, -0.05) is 12.1 Å². The minimum atomic E-state index is -0.952. The van der Waals surface area contributed by atoms with Crippen LogP contribution in [0.15, 0.2) is 10.6 Å². The molecule has 0 fully saturated rings. The number of carboxylic acid groups (broad SMARTS) is 1. The molecule has 1 rings (SSSR count). The predicted octanol–water partition coefficient (Wildman–Crippen LogP) is 1.14. The van der Waals surface area contributed by atoms with Crippen molar-refractivity contribution in [3.63, 3.8) is 0 Å². The third kappa shape index (κ3) is 6.78. The zero-order valence-corrected chi connectivity index (χ0v) is 11.7. The Morgan fingerprint density at radius 3 is 2.63 bits per heavy atom. The maximum atomic E-state index is 11.7. The first-order valence-corrected chi connectivity index (χ1v) is 5.68. The van der Waals surface area contributed by atoms with Crippen LogP contribution in [-0.4, -0.2) is 46.7 Å². The minimum Gasteiger partial charge on any atom is -0.480 e. The van der Waals surface area contributed by atoms with Gasteiger partial charge in [0.1, 0.15) is 0 Å². The molecular weight excluding hydrogens is 274 g/mol. The molecule has 0 bridgehead atoms. The van der Waals surface area contributed by atoms with Gasteiger partial charge in [0.2, 0.25) is 11.8 Å². The van der Waals surface area contributed by atoms with Gasteiger partial charge in [0.05, 0.1) is 18.8 Å². The first-order chi connectivity index (χ1) is 8.51. The normalized spacial score (nSPS) is 10.1. The minimum absolute atomic E-state index is 0. The number of amides is 1. The lowest BCUT2D eigenvalue weighted by molar-refractivity contribution is -0.138. The lowest BCUT2D eigenvalue weighted by Crippen LogP contribution is -2.37. The van der Waals surface area contributed by atoms with Crippen LogP contribution in [0.25, 0.3) is 0 Å². The van der Waals surface area contributed by atoms with E-state index in [9.17, 15) is 9.59 Å². The van der Waals surface area contributed by atoms with Crippen LogP contribution < -0.4 is 5.32 Å². The Bertz CT molecular complexity index is 422. The van der Waals surface area contributed by atoms with Crippen LogP contribution in [-0.2, 0) is 9.59 Å². The summed E-state index contributed by atoms with van der Waals surface area (Å²) in [5.74, 6) is -1.00. The fraction of sp³-hybridized carbons (Fsp3) is 0.545. The van der Waals surface area contributed by atoms with E-state index in [1.54, 1.807) is 17.9 Å². The molecule has 1 heterocycles. The van der Waals surface area contributed by atoms with Crippen molar-refractivity contribution in [2.24, 2.45) is 0 Å². The van der Waals surface area contributed by atoms with Crippen molar-refractivity contribution in [2.75, 3.05) is 25.0 Å². The molecule has 1 aromatic rings. The predicted molar refractivity (Wildman–Crippen MR) is 71.5 cm³/mol.